The van der Waals surface area contributed by atoms with Crippen LogP contribution in [0.3, 0.4) is 0 Å². The number of rotatable bonds is 3. The normalized spacial score (nSPS) is 12.7. The highest BCUT2D eigenvalue weighted by Gasteiger charge is 2.08. The number of carbonyl (C=O) groups excluding carboxylic acids is 1. The number of hydrogen-bond acceptors (Lipinski definition) is 4. The van der Waals surface area contributed by atoms with E-state index in [0.29, 0.717) is 6.07 Å². The molecule has 1 aromatic rings. The molecular formula is C11H10F2N2O2. The molecule has 1 aromatic carbocycles. The van der Waals surface area contributed by atoms with E-state index in [2.05, 4.69) is 10.2 Å². The Balaban J connectivity index is 3.05. The summed E-state index contributed by atoms with van der Waals surface area (Å²) in [6.07, 6.45) is 0. The molecule has 0 amide bonds. The van der Waals surface area contributed by atoms with Crippen LogP contribution in [0.5, 0.6) is 0 Å². The topological polar surface area (TPSA) is 62.0 Å². The minimum Gasteiger partial charge on any atom is -0.510 e. The molecule has 6 heteroatoms. The van der Waals surface area contributed by atoms with Crippen molar-refractivity contribution in [2.45, 2.75) is 13.8 Å². The molecule has 0 aliphatic rings. The predicted molar refractivity (Wildman–Crippen MR) is 56.9 cm³/mol. The van der Waals surface area contributed by atoms with Crippen LogP contribution in [0, 0.1) is 11.6 Å². The van der Waals surface area contributed by atoms with E-state index in [4.69, 9.17) is 5.11 Å². The Bertz CT molecular complexity index is 506. The van der Waals surface area contributed by atoms with Gasteiger partial charge in [0.25, 0.3) is 0 Å². The average molecular weight is 240 g/mol. The number of allylic oxidation sites excluding steroid dienone is 2. The largest absolute Gasteiger partial charge is 0.510 e. The van der Waals surface area contributed by atoms with Gasteiger partial charge >= 0.3 is 0 Å². The van der Waals surface area contributed by atoms with E-state index in [1.165, 1.54) is 13.8 Å². The van der Waals surface area contributed by atoms with Gasteiger partial charge in [-0.15, -0.1) is 10.2 Å². The third-order valence-corrected chi connectivity index (χ3v) is 1.84. The van der Waals surface area contributed by atoms with Gasteiger partial charge in [-0.05, 0) is 19.1 Å². The molecule has 1 N–H and O–H groups in total. The van der Waals surface area contributed by atoms with Crippen molar-refractivity contribution in [2.24, 2.45) is 10.2 Å². The summed E-state index contributed by atoms with van der Waals surface area (Å²) in [5.74, 6) is -2.45. The molecule has 0 atom stereocenters. The highest BCUT2D eigenvalue weighted by atomic mass is 19.1. The Morgan fingerprint density at radius 2 is 1.94 bits per heavy atom. The Kier molecular flexibility index (Phi) is 4.03. The minimum atomic E-state index is -0.896. The molecular weight excluding hydrogens is 230 g/mol. The standard InChI is InChI=1S/C11H10F2N2O2/c1-6(16)11(7(2)17)15-14-10-4-3-8(12)5-9(10)13/h3-5,16H,1-2H3. The zero-order valence-corrected chi connectivity index (χ0v) is 9.24. The highest BCUT2D eigenvalue weighted by molar-refractivity contribution is 5.93. The first-order chi connectivity index (χ1) is 7.91. The van der Waals surface area contributed by atoms with Crippen molar-refractivity contribution in [3.63, 3.8) is 0 Å². The molecule has 4 nitrogen and oxygen atoms in total. The van der Waals surface area contributed by atoms with Crippen LogP contribution in [0.2, 0.25) is 0 Å². The van der Waals surface area contributed by atoms with Crippen molar-refractivity contribution in [3.05, 3.63) is 41.3 Å². The number of azo groups is 1. The lowest BCUT2D eigenvalue weighted by Gasteiger charge is -1.98. The second-order valence-electron chi connectivity index (χ2n) is 3.29. The van der Waals surface area contributed by atoms with Crippen molar-refractivity contribution in [1.82, 2.24) is 0 Å². The molecule has 17 heavy (non-hydrogen) atoms. The molecule has 0 aromatic heterocycles. The predicted octanol–water partition coefficient (Wildman–Crippen LogP) is 3.43. The molecule has 0 fully saturated rings. The van der Waals surface area contributed by atoms with Gasteiger partial charge < -0.3 is 5.11 Å². The smallest absolute Gasteiger partial charge is 0.183 e. The summed E-state index contributed by atoms with van der Waals surface area (Å²) in [4.78, 5) is 11.0. The first-order valence-corrected chi connectivity index (χ1v) is 4.69. The van der Waals surface area contributed by atoms with Crippen LogP contribution < -0.4 is 0 Å². The van der Waals surface area contributed by atoms with E-state index in [9.17, 15) is 13.6 Å². The van der Waals surface area contributed by atoms with Crippen LogP contribution in [0.15, 0.2) is 39.9 Å². The van der Waals surface area contributed by atoms with Gasteiger partial charge in [-0.2, -0.15) is 0 Å². The van der Waals surface area contributed by atoms with E-state index >= 15 is 0 Å². The molecule has 1 rings (SSSR count). The lowest BCUT2D eigenvalue weighted by molar-refractivity contribution is -0.113. The van der Waals surface area contributed by atoms with E-state index in [0.717, 1.165) is 12.1 Å². The molecule has 0 radical (unpaired) electrons. The number of aliphatic hydroxyl groups excluding tert-OH is 1. The third-order valence-electron chi connectivity index (χ3n) is 1.84. The molecule has 0 spiro atoms. The van der Waals surface area contributed by atoms with Crippen LogP contribution in [0.4, 0.5) is 14.5 Å². The Labute approximate surface area is 96.3 Å². The van der Waals surface area contributed by atoms with Gasteiger partial charge in [0.1, 0.15) is 17.3 Å². The van der Waals surface area contributed by atoms with Gasteiger partial charge in [0.15, 0.2) is 17.3 Å². The van der Waals surface area contributed by atoms with Crippen molar-refractivity contribution >= 4 is 11.5 Å². The van der Waals surface area contributed by atoms with Gasteiger partial charge in [0.05, 0.1) is 0 Å². The minimum absolute atomic E-state index is 0.216. The maximum atomic E-state index is 13.1. The monoisotopic (exact) mass is 240 g/mol. The number of Topliss-reactive ketones (excluding diaryl/α,β-unsaturated/α-hetero) is 1. The van der Waals surface area contributed by atoms with Crippen LogP contribution in [0.1, 0.15) is 13.8 Å². The number of ketones is 1. The van der Waals surface area contributed by atoms with Gasteiger partial charge in [0.2, 0.25) is 0 Å². The number of benzene rings is 1. The van der Waals surface area contributed by atoms with E-state index in [1.54, 1.807) is 0 Å². The first-order valence-electron chi connectivity index (χ1n) is 4.69. The van der Waals surface area contributed by atoms with Crippen molar-refractivity contribution < 1.29 is 18.7 Å². The lowest BCUT2D eigenvalue weighted by atomic mass is 10.3. The zero-order chi connectivity index (χ0) is 13.0. The summed E-state index contributed by atoms with van der Waals surface area (Å²) >= 11 is 0. The summed E-state index contributed by atoms with van der Waals surface area (Å²) in [5.41, 5.74) is -0.486. The molecule has 0 bridgehead atoms. The summed E-state index contributed by atoms with van der Waals surface area (Å²) < 4.78 is 25.7. The van der Waals surface area contributed by atoms with Gasteiger partial charge in [-0.1, -0.05) is 0 Å². The number of hydrogen-bond donors (Lipinski definition) is 1. The van der Waals surface area contributed by atoms with Crippen molar-refractivity contribution in [1.29, 1.82) is 0 Å². The van der Waals surface area contributed by atoms with E-state index < -0.39 is 17.4 Å². The van der Waals surface area contributed by atoms with Crippen molar-refractivity contribution in [3.8, 4) is 0 Å². The number of nitrogens with zero attached hydrogens (tertiary/aromatic N) is 2. The van der Waals surface area contributed by atoms with Crippen LogP contribution in [-0.4, -0.2) is 10.9 Å². The average Bonchev–Trinajstić information content (AvgIpc) is 2.20. The van der Waals surface area contributed by atoms with Gasteiger partial charge in [-0.3, -0.25) is 4.79 Å². The fourth-order valence-corrected chi connectivity index (χ4v) is 1.06. The molecule has 0 unspecified atom stereocenters. The second-order valence-corrected chi connectivity index (χ2v) is 3.29. The Hall–Kier alpha value is -2.11. The third kappa shape index (κ3) is 3.44. The molecule has 0 heterocycles. The van der Waals surface area contributed by atoms with Crippen LogP contribution in [0.25, 0.3) is 0 Å². The fourth-order valence-electron chi connectivity index (χ4n) is 1.06. The summed E-state index contributed by atoms with van der Waals surface area (Å²) in [6.45, 7) is 2.45. The quantitative estimate of drug-likeness (QED) is 0.499. The number of aliphatic hydroxyl groups is 1. The van der Waals surface area contributed by atoms with E-state index in [1.807, 2.05) is 0 Å². The molecule has 0 saturated heterocycles. The summed E-state index contributed by atoms with van der Waals surface area (Å²) in [7, 11) is 0. The SMILES string of the molecule is CC(=O)C(N=Nc1ccc(F)cc1F)=C(C)O. The van der Waals surface area contributed by atoms with Crippen LogP contribution in [-0.2, 0) is 4.79 Å². The molecule has 0 aliphatic carbocycles. The maximum Gasteiger partial charge on any atom is 0.183 e. The molecule has 0 saturated carbocycles. The number of carbonyl (C=O) groups is 1. The fraction of sp³-hybridized carbons (Fsp3) is 0.182. The Morgan fingerprint density at radius 3 is 2.41 bits per heavy atom. The number of halogens is 2. The van der Waals surface area contributed by atoms with Gasteiger partial charge in [0, 0.05) is 13.0 Å². The lowest BCUT2D eigenvalue weighted by Crippen LogP contribution is -1.96. The van der Waals surface area contributed by atoms with Gasteiger partial charge in [-0.25, -0.2) is 8.78 Å². The molecule has 0 aliphatic heterocycles. The van der Waals surface area contributed by atoms with Crippen LogP contribution >= 0.6 is 0 Å². The molecule has 90 valence electrons. The maximum absolute atomic E-state index is 13.1. The zero-order valence-electron chi connectivity index (χ0n) is 9.24. The van der Waals surface area contributed by atoms with E-state index in [-0.39, 0.29) is 17.1 Å². The Morgan fingerprint density at radius 1 is 1.29 bits per heavy atom. The van der Waals surface area contributed by atoms with Crippen molar-refractivity contribution in [2.75, 3.05) is 0 Å². The summed E-state index contributed by atoms with van der Waals surface area (Å²) in [5, 5.41) is 16.0. The first kappa shape index (κ1) is 13.0. The highest BCUT2D eigenvalue weighted by Crippen LogP contribution is 2.20. The summed E-state index contributed by atoms with van der Waals surface area (Å²) in [6, 6.07) is 2.75. The second kappa shape index (κ2) is 5.29.